The van der Waals surface area contributed by atoms with Crippen molar-refractivity contribution in [3.63, 3.8) is 0 Å². The largest absolute Gasteiger partial charge is 0.325 e. The van der Waals surface area contributed by atoms with Gasteiger partial charge in [-0.25, -0.2) is 9.37 Å². The first-order chi connectivity index (χ1) is 13.1. The molecule has 0 aliphatic carbocycles. The van der Waals surface area contributed by atoms with Crippen LogP contribution in [-0.4, -0.2) is 10.9 Å². The minimum Gasteiger partial charge on any atom is -0.325 e. The molecule has 0 fully saturated rings. The lowest BCUT2D eigenvalue weighted by Crippen LogP contribution is -2.23. The van der Waals surface area contributed by atoms with E-state index in [0.29, 0.717) is 17.7 Å². The number of carbonyl (C=O) groups excluding carboxylic acids is 1. The van der Waals surface area contributed by atoms with E-state index >= 15 is 0 Å². The smallest absolute Gasteiger partial charge is 0.232 e. The van der Waals surface area contributed by atoms with Crippen LogP contribution in [0.3, 0.4) is 0 Å². The lowest BCUT2D eigenvalue weighted by atomic mass is 9.87. The van der Waals surface area contributed by atoms with Gasteiger partial charge in [-0.1, -0.05) is 42.5 Å². The SMILES string of the molecule is O=C1NC(c2ccnc(F)c2)=C(c2ccc(F)cc2)C1Cc1ccccc1. The summed E-state index contributed by atoms with van der Waals surface area (Å²) in [5.74, 6) is -1.60. The molecule has 0 saturated carbocycles. The van der Waals surface area contributed by atoms with E-state index in [4.69, 9.17) is 0 Å². The van der Waals surface area contributed by atoms with E-state index in [0.717, 1.165) is 16.7 Å². The van der Waals surface area contributed by atoms with Crippen molar-refractivity contribution in [2.45, 2.75) is 6.42 Å². The van der Waals surface area contributed by atoms with Crippen LogP contribution in [0, 0.1) is 17.7 Å². The number of benzene rings is 2. The van der Waals surface area contributed by atoms with Crippen LogP contribution in [0.15, 0.2) is 72.9 Å². The predicted octanol–water partition coefficient (Wildman–Crippen LogP) is 4.22. The van der Waals surface area contributed by atoms with Crippen molar-refractivity contribution in [2.75, 3.05) is 0 Å². The van der Waals surface area contributed by atoms with Gasteiger partial charge < -0.3 is 5.32 Å². The molecule has 27 heavy (non-hydrogen) atoms. The number of nitrogens with one attached hydrogen (secondary N) is 1. The molecule has 4 rings (SSSR count). The lowest BCUT2D eigenvalue weighted by molar-refractivity contribution is -0.121. The molecule has 134 valence electrons. The Morgan fingerprint density at radius 3 is 2.37 bits per heavy atom. The Morgan fingerprint density at radius 2 is 1.67 bits per heavy atom. The molecule has 0 bridgehead atoms. The quantitative estimate of drug-likeness (QED) is 0.706. The Morgan fingerprint density at radius 1 is 0.926 bits per heavy atom. The van der Waals surface area contributed by atoms with Crippen molar-refractivity contribution in [1.82, 2.24) is 10.3 Å². The van der Waals surface area contributed by atoms with Crippen LogP contribution in [0.1, 0.15) is 16.7 Å². The maximum absolute atomic E-state index is 13.6. The van der Waals surface area contributed by atoms with Crippen molar-refractivity contribution < 1.29 is 13.6 Å². The zero-order valence-corrected chi connectivity index (χ0v) is 14.3. The fraction of sp³-hybridized carbons (Fsp3) is 0.0909. The first-order valence-corrected chi connectivity index (χ1v) is 8.58. The van der Waals surface area contributed by atoms with Gasteiger partial charge in [0.2, 0.25) is 11.9 Å². The Labute approximate surface area is 155 Å². The van der Waals surface area contributed by atoms with Gasteiger partial charge in [-0.15, -0.1) is 0 Å². The number of pyridine rings is 1. The predicted molar refractivity (Wildman–Crippen MR) is 99.2 cm³/mol. The van der Waals surface area contributed by atoms with Crippen LogP contribution >= 0.6 is 0 Å². The van der Waals surface area contributed by atoms with Crippen LogP contribution in [-0.2, 0) is 11.2 Å². The molecule has 1 aromatic heterocycles. The molecule has 0 saturated heterocycles. The maximum Gasteiger partial charge on any atom is 0.232 e. The van der Waals surface area contributed by atoms with Crippen LogP contribution < -0.4 is 5.32 Å². The Bertz CT molecular complexity index is 1010. The van der Waals surface area contributed by atoms with Crippen molar-refractivity contribution >= 4 is 17.2 Å². The first kappa shape index (κ1) is 17.1. The van der Waals surface area contributed by atoms with Gasteiger partial charge in [-0.2, -0.15) is 4.39 Å². The highest BCUT2D eigenvalue weighted by Gasteiger charge is 2.34. The molecular formula is C22H16F2N2O. The molecule has 1 N–H and O–H groups in total. The van der Waals surface area contributed by atoms with Gasteiger partial charge in [-0.3, -0.25) is 4.79 Å². The number of nitrogens with zero attached hydrogens (tertiary/aromatic N) is 1. The Hall–Kier alpha value is -3.34. The molecule has 2 aromatic carbocycles. The van der Waals surface area contributed by atoms with E-state index in [-0.39, 0.29) is 11.7 Å². The van der Waals surface area contributed by atoms with Crippen LogP contribution in [0.2, 0.25) is 0 Å². The van der Waals surface area contributed by atoms with Gasteiger partial charge in [0, 0.05) is 17.8 Å². The average molecular weight is 362 g/mol. The van der Waals surface area contributed by atoms with E-state index in [1.165, 1.54) is 24.4 Å². The second-order valence-corrected chi connectivity index (χ2v) is 6.39. The summed E-state index contributed by atoms with van der Waals surface area (Å²) >= 11 is 0. The Balaban J connectivity index is 1.84. The molecule has 3 aromatic rings. The molecule has 3 nitrogen and oxygen atoms in total. The van der Waals surface area contributed by atoms with E-state index in [9.17, 15) is 13.6 Å². The number of hydrogen-bond donors (Lipinski definition) is 1. The molecular weight excluding hydrogens is 346 g/mol. The van der Waals surface area contributed by atoms with Crippen LogP contribution in [0.5, 0.6) is 0 Å². The summed E-state index contributed by atoms with van der Waals surface area (Å²) in [5, 5.41) is 2.88. The zero-order valence-electron chi connectivity index (χ0n) is 14.3. The summed E-state index contributed by atoms with van der Waals surface area (Å²) in [6.07, 6.45) is 1.85. The number of carbonyl (C=O) groups is 1. The summed E-state index contributed by atoms with van der Waals surface area (Å²) < 4.78 is 27.1. The van der Waals surface area contributed by atoms with Crippen molar-refractivity contribution in [3.05, 3.63) is 101 Å². The van der Waals surface area contributed by atoms with Gasteiger partial charge in [-0.05, 0) is 41.3 Å². The zero-order chi connectivity index (χ0) is 18.8. The molecule has 2 heterocycles. The highest BCUT2D eigenvalue weighted by Crippen LogP contribution is 2.38. The topological polar surface area (TPSA) is 42.0 Å². The summed E-state index contributed by atoms with van der Waals surface area (Å²) in [4.78, 5) is 16.3. The molecule has 1 aliphatic heterocycles. The highest BCUT2D eigenvalue weighted by atomic mass is 19.1. The van der Waals surface area contributed by atoms with Crippen LogP contribution in [0.4, 0.5) is 8.78 Å². The summed E-state index contributed by atoms with van der Waals surface area (Å²) in [7, 11) is 0. The molecule has 0 radical (unpaired) electrons. The second kappa shape index (κ2) is 7.11. The van der Waals surface area contributed by atoms with E-state index < -0.39 is 11.9 Å². The number of hydrogen-bond acceptors (Lipinski definition) is 2. The summed E-state index contributed by atoms with van der Waals surface area (Å²) in [5.41, 5.74) is 3.54. The van der Waals surface area contributed by atoms with Gasteiger partial charge in [0.1, 0.15) is 5.82 Å². The maximum atomic E-state index is 13.6. The average Bonchev–Trinajstić information content (AvgIpc) is 3.00. The van der Waals surface area contributed by atoms with E-state index in [1.807, 2.05) is 30.3 Å². The fourth-order valence-electron chi connectivity index (χ4n) is 3.39. The van der Waals surface area contributed by atoms with Crippen molar-refractivity contribution in [1.29, 1.82) is 0 Å². The standard InChI is InChI=1S/C22H16F2N2O/c23-17-8-6-15(7-9-17)20-18(12-14-4-2-1-3-5-14)22(27)26-21(20)16-10-11-25-19(24)13-16/h1-11,13,18H,12H2,(H,26,27). The number of amides is 1. The highest BCUT2D eigenvalue weighted by molar-refractivity contribution is 6.11. The third-order valence-electron chi connectivity index (χ3n) is 4.64. The van der Waals surface area contributed by atoms with E-state index in [2.05, 4.69) is 10.3 Å². The van der Waals surface area contributed by atoms with Crippen molar-refractivity contribution in [2.24, 2.45) is 5.92 Å². The lowest BCUT2D eigenvalue weighted by Gasteiger charge is -2.14. The summed E-state index contributed by atoms with van der Waals surface area (Å²) in [6, 6.07) is 18.6. The van der Waals surface area contributed by atoms with E-state index in [1.54, 1.807) is 18.2 Å². The molecule has 1 unspecified atom stereocenters. The minimum absolute atomic E-state index is 0.162. The third-order valence-corrected chi connectivity index (χ3v) is 4.64. The normalized spacial score (nSPS) is 16.5. The molecule has 1 amide bonds. The minimum atomic E-state index is -0.626. The molecule has 5 heteroatoms. The molecule has 1 atom stereocenters. The Kier molecular flexibility index (Phi) is 4.50. The number of aromatic nitrogens is 1. The molecule has 0 spiro atoms. The first-order valence-electron chi connectivity index (χ1n) is 8.58. The van der Waals surface area contributed by atoms with Gasteiger partial charge in [0.05, 0.1) is 11.6 Å². The van der Waals surface area contributed by atoms with Crippen molar-refractivity contribution in [3.8, 4) is 0 Å². The molecule has 1 aliphatic rings. The number of halogens is 2. The fourth-order valence-corrected chi connectivity index (χ4v) is 3.39. The van der Waals surface area contributed by atoms with Gasteiger partial charge >= 0.3 is 0 Å². The third kappa shape index (κ3) is 3.49. The summed E-state index contributed by atoms with van der Waals surface area (Å²) in [6.45, 7) is 0. The number of rotatable bonds is 4. The van der Waals surface area contributed by atoms with Gasteiger partial charge in [0.15, 0.2) is 0 Å². The second-order valence-electron chi connectivity index (χ2n) is 6.39. The monoisotopic (exact) mass is 362 g/mol. The van der Waals surface area contributed by atoms with Crippen LogP contribution in [0.25, 0.3) is 11.3 Å². The van der Waals surface area contributed by atoms with Gasteiger partial charge in [0.25, 0.3) is 0 Å².